The molecule has 0 saturated carbocycles. The van der Waals surface area contributed by atoms with Gasteiger partial charge in [-0.1, -0.05) is 0 Å². The van der Waals surface area contributed by atoms with E-state index in [4.69, 9.17) is 0 Å². The number of aromatic nitrogens is 2. The van der Waals surface area contributed by atoms with Gasteiger partial charge in [-0.15, -0.1) is 0 Å². The minimum absolute atomic E-state index is 0.225. The number of H-pyrrole nitrogens is 1. The first-order chi connectivity index (χ1) is 6.52. The molecule has 0 spiro atoms. The number of aromatic amines is 1. The summed E-state index contributed by atoms with van der Waals surface area (Å²) in [7, 11) is 3.06. The number of hydrogen-bond acceptors (Lipinski definition) is 4. The number of aliphatic hydroxyl groups is 1. The number of amides is 1. The standard InChI is InChI=1S/C7H10N4O3/c1-10-3-4(8-6(10)13)11(2)7(14)9-5(3)12/h7,14H,1-2H3,(H,8,13)(H,9,12). The Morgan fingerprint density at radius 3 is 2.64 bits per heavy atom. The van der Waals surface area contributed by atoms with E-state index in [0.29, 0.717) is 5.82 Å². The van der Waals surface area contributed by atoms with Crippen LogP contribution in [0.25, 0.3) is 0 Å². The fraction of sp³-hybridized carbons (Fsp3) is 0.429. The second-order valence-electron chi connectivity index (χ2n) is 3.14. The zero-order chi connectivity index (χ0) is 10.5. The molecule has 0 fully saturated rings. The molecule has 14 heavy (non-hydrogen) atoms. The van der Waals surface area contributed by atoms with Gasteiger partial charge in [0.2, 0.25) is 6.35 Å². The third-order valence-corrected chi connectivity index (χ3v) is 2.28. The monoisotopic (exact) mass is 198 g/mol. The van der Waals surface area contributed by atoms with E-state index in [1.165, 1.54) is 16.5 Å². The van der Waals surface area contributed by atoms with E-state index in [9.17, 15) is 14.7 Å². The summed E-state index contributed by atoms with van der Waals surface area (Å²) in [6.07, 6.45) is -1.10. The molecule has 7 heteroatoms. The van der Waals surface area contributed by atoms with Crippen LogP contribution in [0.5, 0.6) is 0 Å². The van der Waals surface area contributed by atoms with Gasteiger partial charge in [0.1, 0.15) is 5.82 Å². The molecule has 7 nitrogen and oxygen atoms in total. The molecule has 1 atom stereocenters. The van der Waals surface area contributed by atoms with Gasteiger partial charge in [-0.3, -0.25) is 14.3 Å². The highest BCUT2D eigenvalue weighted by atomic mass is 16.3. The lowest BCUT2D eigenvalue weighted by molar-refractivity contribution is 0.0747. The van der Waals surface area contributed by atoms with E-state index in [1.54, 1.807) is 7.05 Å². The number of nitrogens with zero attached hydrogens (tertiary/aromatic N) is 2. The second-order valence-corrected chi connectivity index (χ2v) is 3.14. The summed E-state index contributed by atoms with van der Waals surface area (Å²) < 4.78 is 1.20. The molecule has 1 aliphatic rings. The van der Waals surface area contributed by atoms with Crippen LogP contribution in [0.15, 0.2) is 4.79 Å². The fourth-order valence-electron chi connectivity index (χ4n) is 1.42. The Bertz CT molecular complexity index is 446. The molecular weight excluding hydrogens is 188 g/mol. The van der Waals surface area contributed by atoms with Crippen LogP contribution in [0.2, 0.25) is 0 Å². The molecule has 76 valence electrons. The van der Waals surface area contributed by atoms with Crippen molar-refractivity contribution in [1.29, 1.82) is 0 Å². The van der Waals surface area contributed by atoms with Gasteiger partial charge in [0.05, 0.1) is 0 Å². The summed E-state index contributed by atoms with van der Waals surface area (Å²) in [5.74, 6) is -0.139. The SMILES string of the molecule is CN1c2[nH]c(=O)n(C)c2C(=O)NC1O. The quantitative estimate of drug-likeness (QED) is 0.457. The Kier molecular flexibility index (Phi) is 1.65. The normalized spacial score (nSPS) is 20.6. The number of rotatable bonds is 0. The number of imidazole rings is 1. The summed E-state index contributed by atoms with van der Waals surface area (Å²) in [4.78, 5) is 26.5. The maximum absolute atomic E-state index is 11.4. The molecule has 0 aliphatic carbocycles. The first kappa shape index (κ1) is 8.82. The highest BCUT2D eigenvalue weighted by molar-refractivity contribution is 5.99. The van der Waals surface area contributed by atoms with Crippen molar-refractivity contribution >= 4 is 11.7 Å². The maximum Gasteiger partial charge on any atom is 0.327 e. The van der Waals surface area contributed by atoms with Crippen molar-refractivity contribution in [2.75, 3.05) is 11.9 Å². The lowest BCUT2D eigenvalue weighted by Crippen LogP contribution is -2.51. The van der Waals surface area contributed by atoms with Crippen molar-refractivity contribution in [3.8, 4) is 0 Å². The van der Waals surface area contributed by atoms with E-state index in [2.05, 4.69) is 10.3 Å². The van der Waals surface area contributed by atoms with Crippen molar-refractivity contribution in [2.45, 2.75) is 6.35 Å². The van der Waals surface area contributed by atoms with Crippen molar-refractivity contribution in [2.24, 2.45) is 7.05 Å². The smallest absolute Gasteiger partial charge is 0.327 e. The summed E-state index contributed by atoms with van der Waals surface area (Å²) in [6.45, 7) is 0. The average molecular weight is 198 g/mol. The van der Waals surface area contributed by atoms with Crippen LogP contribution in [-0.4, -0.2) is 34.0 Å². The number of nitrogens with one attached hydrogen (secondary N) is 2. The summed E-state index contributed by atoms with van der Waals surface area (Å²) in [5.41, 5.74) is -0.158. The molecule has 0 aromatic carbocycles. The molecule has 1 aromatic heterocycles. The highest BCUT2D eigenvalue weighted by Gasteiger charge is 2.31. The predicted octanol–water partition coefficient (Wildman–Crippen LogP) is -1.83. The Labute approximate surface area is 79.0 Å². The minimum atomic E-state index is -1.10. The van der Waals surface area contributed by atoms with Crippen molar-refractivity contribution < 1.29 is 9.90 Å². The molecule has 2 rings (SSSR count). The first-order valence-corrected chi connectivity index (χ1v) is 4.03. The molecule has 2 heterocycles. The fourth-order valence-corrected chi connectivity index (χ4v) is 1.42. The van der Waals surface area contributed by atoms with E-state index in [0.717, 1.165) is 0 Å². The zero-order valence-corrected chi connectivity index (χ0v) is 7.74. The van der Waals surface area contributed by atoms with Crippen LogP contribution in [0.3, 0.4) is 0 Å². The van der Waals surface area contributed by atoms with Gasteiger partial charge in [-0.05, 0) is 0 Å². The minimum Gasteiger partial charge on any atom is -0.356 e. The molecule has 1 amide bonds. The van der Waals surface area contributed by atoms with Crippen molar-refractivity contribution in [3.63, 3.8) is 0 Å². The second kappa shape index (κ2) is 2.61. The summed E-state index contributed by atoms with van der Waals surface area (Å²) >= 11 is 0. The van der Waals surface area contributed by atoms with Gasteiger partial charge in [0.25, 0.3) is 5.91 Å². The first-order valence-electron chi connectivity index (χ1n) is 4.03. The third-order valence-electron chi connectivity index (χ3n) is 2.28. The van der Waals surface area contributed by atoms with Gasteiger partial charge in [0, 0.05) is 14.1 Å². The molecule has 0 bridgehead atoms. The molecule has 1 unspecified atom stereocenters. The lowest BCUT2D eigenvalue weighted by Gasteiger charge is -2.29. The Hall–Kier alpha value is -1.76. The Morgan fingerprint density at radius 1 is 1.36 bits per heavy atom. The van der Waals surface area contributed by atoms with Crippen molar-refractivity contribution in [3.05, 3.63) is 16.2 Å². The molecule has 1 aliphatic heterocycles. The zero-order valence-electron chi connectivity index (χ0n) is 7.74. The number of carbonyl (C=O) groups is 1. The predicted molar refractivity (Wildman–Crippen MR) is 47.9 cm³/mol. The largest absolute Gasteiger partial charge is 0.356 e. The van der Waals surface area contributed by atoms with Crippen LogP contribution in [0, 0.1) is 0 Å². The topological polar surface area (TPSA) is 90.4 Å². The van der Waals surface area contributed by atoms with Gasteiger partial charge in [0.15, 0.2) is 5.69 Å². The van der Waals surface area contributed by atoms with Crippen LogP contribution in [-0.2, 0) is 7.05 Å². The van der Waals surface area contributed by atoms with E-state index in [1.807, 2.05) is 0 Å². The van der Waals surface area contributed by atoms with Gasteiger partial charge < -0.3 is 15.3 Å². The average Bonchev–Trinajstić information content (AvgIpc) is 2.40. The molecule has 3 N–H and O–H groups in total. The van der Waals surface area contributed by atoms with Gasteiger partial charge in [-0.25, -0.2) is 4.79 Å². The molecular formula is C7H10N4O3. The van der Waals surface area contributed by atoms with Gasteiger partial charge >= 0.3 is 5.69 Å². The van der Waals surface area contributed by atoms with Crippen LogP contribution in [0.4, 0.5) is 5.82 Å². The number of anilines is 1. The molecule has 0 saturated heterocycles. The summed E-state index contributed by atoms with van der Waals surface area (Å²) in [5, 5.41) is 11.7. The number of fused-ring (bicyclic) bond motifs is 1. The Balaban J connectivity index is 2.67. The molecule has 1 aromatic rings. The lowest BCUT2D eigenvalue weighted by atomic mass is 10.3. The maximum atomic E-state index is 11.4. The summed E-state index contributed by atoms with van der Waals surface area (Å²) in [6, 6.07) is 0. The van der Waals surface area contributed by atoms with E-state index < -0.39 is 12.3 Å². The van der Waals surface area contributed by atoms with Crippen LogP contribution >= 0.6 is 0 Å². The third kappa shape index (κ3) is 0.956. The van der Waals surface area contributed by atoms with E-state index >= 15 is 0 Å². The Morgan fingerprint density at radius 2 is 2.00 bits per heavy atom. The highest BCUT2D eigenvalue weighted by Crippen LogP contribution is 2.19. The van der Waals surface area contributed by atoms with E-state index in [-0.39, 0.29) is 11.4 Å². The van der Waals surface area contributed by atoms with Crippen molar-refractivity contribution in [1.82, 2.24) is 14.9 Å². The van der Waals surface area contributed by atoms with Crippen LogP contribution < -0.4 is 15.9 Å². The molecule has 0 radical (unpaired) electrons. The van der Waals surface area contributed by atoms with Crippen LogP contribution in [0.1, 0.15) is 10.5 Å². The van der Waals surface area contributed by atoms with Gasteiger partial charge in [-0.2, -0.15) is 0 Å². The number of carbonyl (C=O) groups excluding carboxylic acids is 1. The number of aliphatic hydroxyl groups excluding tert-OH is 1. The number of hydrogen-bond donors (Lipinski definition) is 3.